The first-order valence-corrected chi connectivity index (χ1v) is 8.39. The lowest BCUT2D eigenvalue weighted by Gasteiger charge is -2.29. The van der Waals surface area contributed by atoms with Gasteiger partial charge in [0.15, 0.2) is 0 Å². The van der Waals surface area contributed by atoms with Gasteiger partial charge < -0.3 is 24.1 Å². The molecule has 26 heavy (non-hydrogen) atoms. The van der Waals surface area contributed by atoms with Crippen LogP contribution in [-0.4, -0.2) is 48.9 Å². The Kier molecular flexibility index (Phi) is 6.03. The van der Waals surface area contributed by atoms with Crippen LogP contribution < -0.4 is 15.8 Å². The van der Waals surface area contributed by atoms with Crippen molar-refractivity contribution in [1.29, 1.82) is 0 Å². The zero-order valence-electron chi connectivity index (χ0n) is 14.6. The van der Waals surface area contributed by atoms with Crippen molar-refractivity contribution in [2.24, 2.45) is 0 Å². The molecule has 2 aromatic rings. The van der Waals surface area contributed by atoms with E-state index >= 15 is 0 Å². The second kappa shape index (κ2) is 8.63. The van der Waals surface area contributed by atoms with E-state index in [-0.39, 0.29) is 31.2 Å². The summed E-state index contributed by atoms with van der Waals surface area (Å²) in [4.78, 5) is 31.3. The number of nitrogens with zero attached hydrogens (tertiary/aromatic N) is 3. The van der Waals surface area contributed by atoms with Gasteiger partial charge in [-0.25, -0.2) is 4.98 Å². The molecule has 0 radical (unpaired) electrons. The number of carbonyl (C=O) groups excluding carboxylic acids is 1. The van der Waals surface area contributed by atoms with Gasteiger partial charge in [0.25, 0.3) is 5.56 Å². The van der Waals surface area contributed by atoms with Gasteiger partial charge in [-0.05, 0) is 12.1 Å². The van der Waals surface area contributed by atoms with Crippen molar-refractivity contribution in [2.75, 3.05) is 38.3 Å². The normalized spacial score (nSPS) is 14.4. The predicted octanol–water partition coefficient (Wildman–Crippen LogP) is 0.136. The molecule has 0 saturated carbocycles. The number of hydrogen-bond donors (Lipinski definition) is 1. The maximum Gasteiger partial charge on any atom is 0.255 e. The molecular weight excluding hydrogens is 340 g/mol. The summed E-state index contributed by atoms with van der Waals surface area (Å²) in [7, 11) is 1.55. The second-order valence-corrected chi connectivity index (χ2v) is 5.86. The molecule has 0 bridgehead atoms. The largest absolute Gasteiger partial charge is 0.467 e. The summed E-state index contributed by atoms with van der Waals surface area (Å²) in [5, 5.41) is 2.74. The second-order valence-electron chi connectivity index (χ2n) is 5.86. The van der Waals surface area contributed by atoms with Gasteiger partial charge in [0.05, 0.1) is 38.3 Å². The van der Waals surface area contributed by atoms with Crippen molar-refractivity contribution < 1.29 is 18.7 Å². The van der Waals surface area contributed by atoms with Gasteiger partial charge in [-0.3, -0.25) is 14.2 Å². The molecule has 1 saturated heterocycles. The Morgan fingerprint density at radius 3 is 2.88 bits per heavy atom. The van der Waals surface area contributed by atoms with Crippen LogP contribution in [0.3, 0.4) is 0 Å². The summed E-state index contributed by atoms with van der Waals surface area (Å²) in [6, 6.07) is 4.92. The number of anilines is 1. The smallest absolute Gasteiger partial charge is 0.255 e. The van der Waals surface area contributed by atoms with Gasteiger partial charge in [0, 0.05) is 26.3 Å². The Bertz CT molecular complexity index is 781. The summed E-state index contributed by atoms with van der Waals surface area (Å²) < 4.78 is 17.0. The highest BCUT2D eigenvalue weighted by Crippen LogP contribution is 2.13. The Balaban J connectivity index is 1.79. The summed E-state index contributed by atoms with van der Waals surface area (Å²) in [6.07, 6.45) is 1.54. The molecule has 1 fully saturated rings. The van der Waals surface area contributed by atoms with Crippen LogP contribution in [0, 0.1) is 0 Å². The summed E-state index contributed by atoms with van der Waals surface area (Å²) in [5.41, 5.74) is 0.243. The number of ether oxygens (including phenoxy) is 2. The Morgan fingerprint density at radius 1 is 1.38 bits per heavy atom. The minimum absolute atomic E-state index is 0.119. The maximum atomic E-state index is 12.6. The van der Waals surface area contributed by atoms with E-state index in [9.17, 15) is 9.59 Å². The fourth-order valence-corrected chi connectivity index (χ4v) is 2.71. The van der Waals surface area contributed by atoms with E-state index in [1.165, 1.54) is 10.6 Å². The first-order chi connectivity index (χ1) is 12.7. The van der Waals surface area contributed by atoms with E-state index < -0.39 is 0 Å². The molecule has 1 amide bonds. The molecule has 9 heteroatoms. The van der Waals surface area contributed by atoms with E-state index in [0.717, 1.165) is 0 Å². The van der Waals surface area contributed by atoms with Crippen molar-refractivity contribution in [3.63, 3.8) is 0 Å². The third-order valence-electron chi connectivity index (χ3n) is 3.97. The van der Waals surface area contributed by atoms with Gasteiger partial charge in [0.2, 0.25) is 11.9 Å². The average molecular weight is 362 g/mol. The molecule has 0 aromatic carbocycles. The Morgan fingerprint density at radius 2 is 2.19 bits per heavy atom. The number of methoxy groups -OCH3 is 1. The SMILES string of the molecule is COCc1cc(=O)n(CC(=O)NCc2ccco2)c(N2CCOCC2)n1. The van der Waals surface area contributed by atoms with Crippen molar-refractivity contribution in [2.45, 2.75) is 19.7 Å². The van der Waals surface area contributed by atoms with Crippen LogP contribution in [0.1, 0.15) is 11.5 Å². The number of furan rings is 1. The van der Waals surface area contributed by atoms with Crippen LogP contribution in [0.2, 0.25) is 0 Å². The van der Waals surface area contributed by atoms with Crippen LogP contribution in [0.4, 0.5) is 5.95 Å². The van der Waals surface area contributed by atoms with Crippen LogP contribution in [0.15, 0.2) is 33.7 Å². The standard InChI is InChI=1S/C17H22N4O5/c1-24-12-13-9-16(23)21(17(19-13)20-4-7-25-8-5-20)11-15(22)18-10-14-3-2-6-26-14/h2-3,6,9H,4-5,7-8,10-12H2,1H3,(H,18,22). The molecular formula is C17H22N4O5. The van der Waals surface area contributed by atoms with Crippen LogP contribution in [-0.2, 0) is 34.0 Å². The molecule has 1 N–H and O–H groups in total. The molecule has 9 nitrogen and oxygen atoms in total. The molecule has 0 aliphatic carbocycles. The first-order valence-electron chi connectivity index (χ1n) is 8.39. The Labute approximate surface area is 150 Å². The monoisotopic (exact) mass is 362 g/mol. The van der Waals surface area contributed by atoms with E-state index in [0.29, 0.717) is 43.7 Å². The van der Waals surface area contributed by atoms with Crippen LogP contribution >= 0.6 is 0 Å². The maximum absolute atomic E-state index is 12.6. The number of hydrogen-bond acceptors (Lipinski definition) is 7. The number of morpholine rings is 1. The first kappa shape index (κ1) is 18.2. The average Bonchev–Trinajstić information content (AvgIpc) is 3.16. The number of nitrogens with one attached hydrogen (secondary N) is 1. The third-order valence-corrected chi connectivity index (χ3v) is 3.97. The van der Waals surface area contributed by atoms with Crippen molar-refractivity contribution in [3.8, 4) is 0 Å². The van der Waals surface area contributed by atoms with Crippen molar-refractivity contribution in [3.05, 3.63) is 46.3 Å². The number of amides is 1. The zero-order chi connectivity index (χ0) is 18.4. The van der Waals surface area contributed by atoms with E-state index in [4.69, 9.17) is 13.9 Å². The van der Waals surface area contributed by atoms with Gasteiger partial charge >= 0.3 is 0 Å². The molecule has 3 rings (SSSR count). The molecule has 3 heterocycles. The number of aromatic nitrogens is 2. The van der Waals surface area contributed by atoms with Gasteiger partial charge in [0.1, 0.15) is 12.3 Å². The highest BCUT2D eigenvalue weighted by Gasteiger charge is 2.20. The fraction of sp³-hybridized carbons (Fsp3) is 0.471. The van der Waals surface area contributed by atoms with Gasteiger partial charge in [-0.15, -0.1) is 0 Å². The highest BCUT2D eigenvalue weighted by atomic mass is 16.5. The third kappa shape index (κ3) is 4.50. The highest BCUT2D eigenvalue weighted by molar-refractivity contribution is 5.76. The van der Waals surface area contributed by atoms with Gasteiger partial charge in [-0.1, -0.05) is 0 Å². The van der Waals surface area contributed by atoms with E-state index in [1.807, 2.05) is 4.90 Å². The predicted molar refractivity (Wildman–Crippen MR) is 92.8 cm³/mol. The molecule has 1 aliphatic rings. The number of carbonyl (C=O) groups is 1. The summed E-state index contributed by atoms with van der Waals surface area (Å²) in [5.74, 6) is 0.813. The van der Waals surface area contributed by atoms with E-state index in [1.54, 1.807) is 25.5 Å². The topological polar surface area (TPSA) is 98.8 Å². The molecule has 140 valence electrons. The summed E-state index contributed by atoms with van der Waals surface area (Å²) in [6.45, 7) is 2.70. The summed E-state index contributed by atoms with van der Waals surface area (Å²) >= 11 is 0. The fourth-order valence-electron chi connectivity index (χ4n) is 2.71. The van der Waals surface area contributed by atoms with Crippen LogP contribution in [0.5, 0.6) is 0 Å². The zero-order valence-corrected chi connectivity index (χ0v) is 14.6. The minimum atomic E-state index is -0.292. The van der Waals surface area contributed by atoms with E-state index in [2.05, 4.69) is 10.3 Å². The molecule has 0 unspecified atom stereocenters. The minimum Gasteiger partial charge on any atom is -0.467 e. The lowest BCUT2D eigenvalue weighted by molar-refractivity contribution is -0.121. The number of rotatable bonds is 7. The van der Waals surface area contributed by atoms with Crippen molar-refractivity contribution in [1.82, 2.24) is 14.9 Å². The molecule has 0 atom stereocenters. The lowest BCUT2D eigenvalue weighted by atomic mass is 10.3. The lowest BCUT2D eigenvalue weighted by Crippen LogP contribution is -2.42. The van der Waals surface area contributed by atoms with Crippen LogP contribution in [0.25, 0.3) is 0 Å². The molecule has 0 spiro atoms. The molecule has 1 aliphatic heterocycles. The quantitative estimate of drug-likeness (QED) is 0.748. The Hall–Kier alpha value is -2.65. The van der Waals surface area contributed by atoms with Crippen molar-refractivity contribution >= 4 is 11.9 Å². The molecule has 2 aromatic heterocycles. The van der Waals surface area contributed by atoms with Gasteiger partial charge in [-0.2, -0.15) is 0 Å².